The molecule has 0 saturated heterocycles. The number of alkyl halides is 1. The Balaban J connectivity index is 1.76. The first kappa shape index (κ1) is 12.8. The molecule has 0 saturated carbocycles. The maximum Gasteiger partial charge on any atom is 0.151 e. The smallest absolute Gasteiger partial charge is 0.151 e. The predicted molar refractivity (Wildman–Crippen MR) is 82.1 cm³/mol. The van der Waals surface area contributed by atoms with Crippen molar-refractivity contribution in [1.29, 1.82) is 0 Å². The van der Waals surface area contributed by atoms with Crippen LogP contribution >= 0.6 is 11.6 Å². The number of halogens is 2. The summed E-state index contributed by atoms with van der Waals surface area (Å²) >= 11 is 5.99. The van der Waals surface area contributed by atoms with E-state index in [9.17, 15) is 4.39 Å². The van der Waals surface area contributed by atoms with Crippen LogP contribution in [-0.4, -0.2) is 9.55 Å². The van der Waals surface area contributed by atoms with Gasteiger partial charge in [0.1, 0.15) is 11.3 Å². The summed E-state index contributed by atoms with van der Waals surface area (Å²) in [6.07, 6.45) is 1.06. The van der Waals surface area contributed by atoms with Crippen LogP contribution in [-0.2, 0) is 18.8 Å². The van der Waals surface area contributed by atoms with Crippen LogP contribution in [0.1, 0.15) is 22.9 Å². The average molecular weight is 301 g/mol. The van der Waals surface area contributed by atoms with Crippen molar-refractivity contribution in [2.24, 2.45) is 0 Å². The van der Waals surface area contributed by atoms with Gasteiger partial charge in [-0.1, -0.05) is 30.3 Å². The first-order valence-corrected chi connectivity index (χ1v) is 7.59. The van der Waals surface area contributed by atoms with E-state index in [1.165, 1.54) is 17.2 Å². The Hall–Kier alpha value is -1.87. The Morgan fingerprint density at radius 1 is 1.19 bits per heavy atom. The third kappa shape index (κ3) is 1.95. The van der Waals surface area contributed by atoms with Gasteiger partial charge >= 0.3 is 0 Å². The number of benzene rings is 2. The van der Waals surface area contributed by atoms with Crippen molar-refractivity contribution in [3.05, 3.63) is 65.2 Å². The molecule has 0 spiro atoms. The molecule has 0 bridgehead atoms. The summed E-state index contributed by atoms with van der Waals surface area (Å²) in [7, 11) is 0. The lowest BCUT2D eigenvalue weighted by Crippen LogP contribution is -2.22. The van der Waals surface area contributed by atoms with Crippen molar-refractivity contribution >= 4 is 22.6 Å². The van der Waals surface area contributed by atoms with Crippen LogP contribution in [0, 0.1) is 5.82 Å². The van der Waals surface area contributed by atoms with Crippen molar-refractivity contribution in [2.75, 3.05) is 0 Å². The minimum Gasteiger partial charge on any atom is -0.326 e. The van der Waals surface area contributed by atoms with E-state index in [4.69, 9.17) is 11.6 Å². The van der Waals surface area contributed by atoms with Crippen molar-refractivity contribution in [3.63, 3.8) is 0 Å². The lowest BCUT2D eigenvalue weighted by Gasteiger charge is -2.31. The summed E-state index contributed by atoms with van der Waals surface area (Å²) in [5.74, 6) is 1.21. The number of aromatic nitrogens is 2. The Labute approximate surface area is 127 Å². The second-order valence-electron chi connectivity index (χ2n) is 5.48. The molecule has 1 aliphatic rings. The molecule has 1 atom stereocenters. The van der Waals surface area contributed by atoms with Gasteiger partial charge < -0.3 is 4.57 Å². The molecule has 2 nitrogen and oxygen atoms in total. The van der Waals surface area contributed by atoms with Gasteiger partial charge in [0.15, 0.2) is 5.82 Å². The van der Waals surface area contributed by atoms with Crippen LogP contribution in [0.5, 0.6) is 0 Å². The summed E-state index contributed by atoms with van der Waals surface area (Å²) in [5.41, 5.74) is 4.04. The van der Waals surface area contributed by atoms with Gasteiger partial charge in [-0.25, -0.2) is 9.37 Å². The molecule has 1 heterocycles. The van der Waals surface area contributed by atoms with Crippen LogP contribution < -0.4 is 0 Å². The fourth-order valence-electron chi connectivity index (χ4n) is 3.21. The van der Waals surface area contributed by atoms with E-state index in [0.717, 1.165) is 24.3 Å². The van der Waals surface area contributed by atoms with Gasteiger partial charge in [0.2, 0.25) is 0 Å². The van der Waals surface area contributed by atoms with E-state index >= 15 is 0 Å². The first-order chi connectivity index (χ1) is 10.3. The van der Waals surface area contributed by atoms with E-state index < -0.39 is 0 Å². The molecule has 1 unspecified atom stereocenters. The van der Waals surface area contributed by atoms with E-state index in [0.29, 0.717) is 17.3 Å². The minimum atomic E-state index is -0.286. The molecule has 0 aliphatic heterocycles. The predicted octanol–water partition coefficient (Wildman–Crippen LogP) is 4.25. The summed E-state index contributed by atoms with van der Waals surface area (Å²) < 4.78 is 15.9. The number of nitrogens with zero attached hydrogens (tertiary/aromatic N) is 2. The number of hydrogen-bond acceptors (Lipinski definition) is 1. The minimum absolute atomic E-state index is 0.286. The number of rotatable bonds is 3. The Morgan fingerprint density at radius 2 is 2.05 bits per heavy atom. The van der Waals surface area contributed by atoms with Crippen LogP contribution in [0.25, 0.3) is 11.0 Å². The molecular formula is C17H14ClFN2. The first-order valence-electron chi connectivity index (χ1n) is 7.05. The third-order valence-electron chi connectivity index (χ3n) is 4.29. The van der Waals surface area contributed by atoms with Gasteiger partial charge in [-0.3, -0.25) is 0 Å². The number of hydrogen-bond donors (Lipinski definition) is 0. The van der Waals surface area contributed by atoms with Crippen molar-refractivity contribution < 1.29 is 4.39 Å². The molecule has 2 aromatic carbocycles. The average Bonchev–Trinajstić information content (AvgIpc) is 2.84. The van der Waals surface area contributed by atoms with Crippen LogP contribution in [0.2, 0.25) is 0 Å². The SMILES string of the molecule is Fc1cccc2c1nc(CCl)n2CC1Cc2ccccc21. The molecule has 0 amide bonds. The highest BCUT2D eigenvalue weighted by Crippen LogP contribution is 2.37. The highest BCUT2D eigenvalue weighted by Gasteiger charge is 2.27. The van der Waals surface area contributed by atoms with Crippen LogP contribution in [0.15, 0.2) is 42.5 Å². The molecule has 3 aromatic rings. The van der Waals surface area contributed by atoms with Gasteiger partial charge in [0.25, 0.3) is 0 Å². The zero-order valence-corrected chi connectivity index (χ0v) is 12.1. The van der Waals surface area contributed by atoms with E-state index in [1.807, 2.05) is 6.07 Å². The van der Waals surface area contributed by atoms with Crippen LogP contribution in [0.3, 0.4) is 0 Å². The molecule has 1 aliphatic carbocycles. The number of fused-ring (bicyclic) bond motifs is 2. The zero-order valence-electron chi connectivity index (χ0n) is 11.4. The fourth-order valence-corrected chi connectivity index (χ4v) is 3.42. The van der Waals surface area contributed by atoms with Crippen LogP contribution in [0.4, 0.5) is 4.39 Å². The monoisotopic (exact) mass is 300 g/mol. The van der Waals surface area contributed by atoms with Gasteiger partial charge in [-0.15, -0.1) is 11.6 Å². The van der Waals surface area contributed by atoms with Gasteiger partial charge in [0.05, 0.1) is 11.4 Å². The van der Waals surface area contributed by atoms with Crippen molar-refractivity contribution in [1.82, 2.24) is 9.55 Å². The largest absolute Gasteiger partial charge is 0.326 e. The number of para-hydroxylation sites is 1. The summed E-state index contributed by atoms with van der Waals surface area (Å²) in [5, 5.41) is 0. The van der Waals surface area contributed by atoms with E-state index in [-0.39, 0.29) is 5.82 Å². The highest BCUT2D eigenvalue weighted by molar-refractivity contribution is 6.16. The Bertz CT molecular complexity index is 825. The molecule has 1 aromatic heterocycles. The topological polar surface area (TPSA) is 17.8 Å². The lowest BCUT2D eigenvalue weighted by molar-refractivity contribution is 0.508. The van der Waals surface area contributed by atoms with Crippen molar-refractivity contribution in [3.8, 4) is 0 Å². The molecule has 106 valence electrons. The highest BCUT2D eigenvalue weighted by atomic mass is 35.5. The maximum absolute atomic E-state index is 13.9. The lowest BCUT2D eigenvalue weighted by atomic mass is 9.77. The molecule has 21 heavy (non-hydrogen) atoms. The molecule has 4 heteroatoms. The molecule has 0 fully saturated rings. The van der Waals surface area contributed by atoms with Gasteiger partial charge in [-0.2, -0.15) is 0 Å². The van der Waals surface area contributed by atoms with Gasteiger partial charge in [0, 0.05) is 12.5 Å². The third-order valence-corrected chi connectivity index (χ3v) is 4.53. The van der Waals surface area contributed by atoms with E-state index in [2.05, 4.69) is 33.8 Å². The van der Waals surface area contributed by atoms with Gasteiger partial charge in [-0.05, 0) is 29.7 Å². The normalized spacial score (nSPS) is 16.8. The zero-order chi connectivity index (χ0) is 14.4. The standard InChI is InChI=1S/C17H14ClFN2/c18-9-16-20-17-14(19)6-3-7-15(17)21(16)10-12-8-11-4-1-2-5-13(11)12/h1-7,12H,8-10H2. The van der Waals surface area contributed by atoms with E-state index in [1.54, 1.807) is 6.07 Å². The van der Waals surface area contributed by atoms with Crippen molar-refractivity contribution in [2.45, 2.75) is 24.8 Å². The molecule has 0 N–H and O–H groups in total. The summed E-state index contributed by atoms with van der Waals surface area (Å²) in [6, 6.07) is 13.6. The molecule has 4 rings (SSSR count). The summed E-state index contributed by atoms with van der Waals surface area (Å²) in [6.45, 7) is 0.805. The molecule has 0 radical (unpaired) electrons. The maximum atomic E-state index is 13.9. The quantitative estimate of drug-likeness (QED) is 0.661. The summed E-state index contributed by atoms with van der Waals surface area (Å²) in [4.78, 5) is 4.35. The fraction of sp³-hybridized carbons (Fsp3) is 0.235. The second kappa shape index (κ2) is 4.85. The molecular weight excluding hydrogens is 287 g/mol. The second-order valence-corrected chi connectivity index (χ2v) is 5.75. The number of imidazole rings is 1. The Morgan fingerprint density at radius 3 is 2.86 bits per heavy atom. The Kier molecular flexibility index (Phi) is 2.96.